The molecule has 4 nitrogen and oxygen atoms in total. The molecule has 0 heterocycles. The highest BCUT2D eigenvalue weighted by Crippen LogP contribution is 2.23. The molecule has 5 heteroatoms. The Morgan fingerprint density at radius 1 is 1.28 bits per heavy atom. The van der Waals surface area contributed by atoms with Crippen LogP contribution in [0.25, 0.3) is 0 Å². The molecule has 0 aromatic rings. The van der Waals surface area contributed by atoms with Crippen molar-refractivity contribution in [3.63, 3.8) is 0 Å². The van der Waals surface area contributed by atoms with Crippen molar-refractivity contribution in [2.24, 2.45) is 0 Å². The van der Waals surface area contributed by atoms with E-state index < -0.39 is 14.3 Å². The lowest BCUT2D eigenvalue weighted by molar-refractivity contribution is -0.220. The van der Waals surface area contributed by atoms with Gasteiger partial charge in [0, 0.05) is 12.0 Å². The number of hydrogen-bond donors (Lipinski definition) is 0. The maximum atomic E-state index is 11.6. The zero-order valence-electron chi connectivity index (χ0n) is 11.5. The van der Waals surface area contributed by atoms with Gasteiger partial charge < -0.3 is 4.89 Å². The standard InChI is InChI=1S/C13H22O4Si/c1-4-18(5-2,6-3)17-16-13(15)10-11-8-7-9-12(11)14/h8H,4-7,9-10H2,1-3H3. The summed E-state index contributed by atoms with van der Waals surface area (Å²) in [5.74, 6) is -0.402. The average molecular weight is 270 g/mol. The van der Waals surface area contributed by atoms with E-state index in [1.165, 1.54) is 0 Å². The van der Waals surface area contributed by atoms with Gasteiger partial charge in [-0.3, -0.25) is 4.79 Å². The highest BCUT2D eigenvalue weighted by molar-refractivity contribution is 6.73. The van der Waals surface area contributed by atoms with Gasteiger partial charge in [0.05, 0.1) is 6.42 Å². The van der Waals surface area contributed by atoms with Crippen LogP contribution in [0.2, 0.25) is 18.1 Å². The van der Waals surface area contributed by atoms with Gasteiger partial charge in [0.15, 0.2) is 5.78 Å². The molecule has 0 aromatic carbocycles. The first-order chi connectivity index (χ1) is 8.56. The van der Waals surface area contributed by atoms with Crippen molar-refractivity contribution < 1.29 is 19.1 Å². The van der Waals surface area contributed by atoms with Gasteiger partial charge in [0.1, 0.15) is 0 Å². The minimum atomic E-state index is -1.90. The number of ketones is 1. The third-order valence-electron chi connectivity index (χ3n) is 3.70. The average Bonchev–Trinajstić information content (AvgIpc) is 2.77. The summed E-state index contributed by atoms with van der Waals surface area (Å²) in [6.45, 7) is 6.20. The van der Waals surface area contributed by atoms with Gasteiger partial charge in [-0.15, -0.1) is 0 Å². The van der Waals surface area contributed by atoms with Gasteiger partial charge >= 0.3 is 5.97 Å². The molecule has 0 bridgehead atoms. The summed E-state index contributed by atoms with van der Waals surface area (Å²) in [6.07, 6.45) is 3.11. The van der Waals surface area contributed by atoms with Gasteiger partial charge in [0.2, 0.25) is 0 Å². The van der Waals surface area contributed by atoms with E-state index >= 15 is 0 Å². The van der Waals surface area contributed by atoms with E-state index in [1.54, 1.807) is 0 Å². The largest absolute Gasteiger partial charge is 0.345 e. The van der Waals surface area contributed by atoms with E-state index in [4.69, 9.17) is 9.46 Å². The van der Waals surface area contributed by atoms with E-state index in [1.807, 2.05) is 6.08 Å². The number of allylic oxidation sites excluding steroid dienone is 1. The van der Waals surface area contributed by atoms with E-state index in [-0.39, 0.29) is 12.2 Å². The monoisotopic (exact) mass is 270 g/mol. The summed E-state index contributed by atoms with van der Waals surface area (Å²) >= 11 is 0. The summed E-state index contributed by atoms with van der Waals surface area (Å²) in [6, 6.07) is 2.78. The summed E-state index contributed by atoms with van der Waals surface area (Å²) in [5, 5.41) is 0. The van der Waals surface area contributed by atoms with Crippen molar-refractivity contribution in [1.82, 2.24) is 0 Å². The molecule has 1 rings (SSSR count). The van der Waals surface area contributed by atoms with Crippen molar-refractivity contribution in [1.29, 1.82) is 0 Å². The lowest BCUT2D eigenvalue weighted by Gasteiger charge is -2.24. The topological polar surface area (TPSA) is 52.6 Å². The van der Waals surface area contributed by atoms with Crippen molar-refractivity contribution in [2.75, 3.05) is 0 Å². The van der Waals surface area contributed by atoms with E-state index in [0.717, 1.165) is 24.6 Å². The van der Waals surface area contributed by atoms with Gasteiger partial charge in [-0.2, -0.15) is 0 Å². The van der Waals surface area contributed by atoms with Crippen LogP contribution < -0.4 is 0 Å². The Hall–Kier alpha value is -0.943. The van der Waals surface area contributed by atoms with Crippen molar-refractivity contribution >= 4 is 20.1 Å². The van der Waals surface area contributed by atoms with E-state index in [2.05, 4.69) is 20.8 Å². The molecule has 0 fully saturated rings. The van der Waals surface area contributed by atoms with Crippen LogP contribution in [-0.2, 0) is 19.1 Å². The van der Waals surface area contributed by atoms with Gasteiger partial charge in [-0.1, -0.05) is 26.8 Å². The third kappa shape index (κ3) is 3.78. The number of rotatable bonds is 7. The second-order valence-corrected chi connectivity index (χ2v) is 9.30. The number of Topliss-reactive ketones (excluding diaryl/α,β-unsaturated/α-hetero) is 1. The Balaban J connectivity index is 2.43. The van der Waals surface area contributed by atoms with Gasteiger partial charge in [0.25, 0.3) is 8.32 Å². The fourth-order valence-corrected chi connectivity index (χ4v) is 4.19. The predicted octanol–water partition coefficient (Wildman–Crippen LogP) is 3.15. The fraction of sp³-hybridized carbons (Fsp3) is 0.692. The lowest BCUT2D eigenvalue weighted by atomic mass is 10.1. The van der Waals surface area contributed by atoms with Crippen molar-refractivity contribution in [3.05, 3.63) is 11.6 Å². The van der Waals surface area contributed by atoms with Crippen LogP contribution in [0.4, 0.5) is 0 Å². The van der Waals surface area contributed by atoms with E-state index in [0.29, 0.717) is 12.0 Å². The number of carbonyl (C=O) groups excluding carboxylic acids is 2. The molecule has 0 spiro atoms. The van der Waals surface area contributed by atoms with Crippen molar-refractivity contribution in [2.45, 2.75) is 58.2 Å². The molecule has 0 N–H and O–H groups in total. The van der Waals surface area contributed by atoms with Crippen LogP contribution in [0.15, 0.2) is 11.6 Å². The van der Waals surface area contributed by atoms with Crippen LogP contribution in [0.3, 0.4) is 0 Å². The molecule has 1 aliphatic carbocycles. The molecule has 0 unspecified atom stereocenters. The minimum absolute atomic E-state index is 0.0421. The Labute approximate surface area is 109 Å². The number of hydrogen-bond acceptors (Lipinski definition) is 4. The third-order valence-corrected chi connectivity index (χ3v) is 8.00. The molecule has 0 saturated carbocycles. The molecule has 0 amide bonds. The second-order valence-electron chi connectivity index (χ2n) is 4.65. The fourth-order valence-electron chi connectivity index (χ4n) is 2.07. The summed E-state index contributed by atoms with van der Waals surface area (Å²) in [4.78, 5) is 27.9. The molecule has 1 aliphatic rings. The Bertz CT molecular complexity index is 337. The first-order valence-corrected chi connectivity index (χ1v) is 9.20. The maximum Gasteiger partial charge on any atom is 0.345 e. The highest BCUT2D eigenvalue weighted by Gasteiger charge is 2.32. The molecule has 18 heavy (non-hydrogen) atoms. The maximum absolute atomic E-state index is 11.6. The first-order valence-electron chi connectivity index (χ1n) is 6.67. The quantitative estimate of drug-likeness (QED) is 0.405. The van der Waals surface area contributed by atoms with Crippen molar-refractivity contribution in [3.8, 4) is 0 Å². The molecular formula is C13H22O4Si. The Kier molecular flexibility index (Phi) is 5.75. The Morgan fingerprint density at radius 3 is 2.33 bits per heavy atom. The van der Waals surface area contributed by atoms with Crippen LogP contribution in [-0.4, -0.2) is 20.1 Å². The van der Waals surface area contributed by atoms with Gasteiger partial charge in [-0.25, -0.2) is 9.37 Å². The van der Waals surface area contributed by atoms with E-state index in [9.17, 15) is 9.59 Å². The van der Waals surface area contributed by atoms with Crippen LogP contribution in [0.5, 0.6) is 0 Å². The smallest absolute Gasteiger partial charge is 0.310 e. The van der Waals surface area contributed by atoms with Gasteiger partial charge in [-0.05, 0) is 24.6 Å². The minimum Gasteiger partial charge on any atom is -0.310 e. The first kappa shape index (κ1) is 15.1. The lowest BCUT2D eigenvalue weighted by Crippen LogP contribution is -2.36. The molecule has 0 saturated heterocycles. The zero-order valence-corrected chi connectivity index (χ0v) is 12.5. The summed E-state index contributed by atoms with van der Waals surface area (Å²) < 4.78 is 5.44. The molecule has 0 aliphatic heterocycles. The molecular weight excluding hydrogens is 248 g/mol. The zero-order chi connectivity index (χ0) is 13.6. The van der Waals surface area contributed by atoms with Crippen LogP contribution in [0.1, 0.15) is 40.0 Å². The molecule has 0 aromatic heterocycles. The second kappa shape index (κ2) is 6.85. The summed E-state index contributed by atoms with van der Waals surface area (Å²) in [5.41, 5.74) is 0.570. The molecule has 0 radical (unpaired) electrons. The summed E-state index contributed by atoms with van der Waals surface area (Å²) in [7, 11) is -1.90. The molecule has 102 valence electrons. The van der Waals surface area contributed by atoms with Crippen LogP contribution in [0, 0.1) is 0 Å². The normalized spacial score (nSPS) is 15.7. The number of carbonyl (C=O) groups is 2. The van der Waals surface area contributed by atoms with Crippen LogP contribution >= 0.6 is 0 Å². The SMILES string of the molecule is CC[Si](CC)(CC)OOC(=O)CC1=CCCC1=O. The predicted molar refractivity (Wildman–Crippen MR) is 71.3 cm³/mol. The Morgan fingerprint density at radius 2 is 1.89 bits per heavy atom. The molecule has 0 atom stereocenters. The highest BCUT2D eigenvalue weighted by atomic mass is 28.4.